The van der Waals surface area contributed by atoms with Crippen LogP contribution < -0.4 is 10.1 Å². The number of ether oxygens (including phenoxy) is 1. The van der Waals surface area contributed by atoms with E-state index in [0.29, 0.717) is 6.42 Å². The lowest BCUT2D eigenvalue weighted by atomic mass is 10.0. The smallest absolute Gasteiger partial charge is 0.311 e. The summed E-state index contributed by atoms with van der Waals surface area (Å²) in [6.45, 7) is 6.60. The predicted molar refractivity (Wildman–Crippen MR) is 80.3 cm³/mol. The van der Waals surface area contributed by atoms with Crippen LogP contribution >= 0.6 is 0 Å². The SMILES string of the molecule is CCCNC(C)(C#N)CCOc1ccc(C)cc1[N+](=O)[O-]. The van der Waals surface area contributed by atoms with Crippen molar-refractivity contribution in [1.82, 2.24) is 5.32 Å². The number of hydrogen-bond acceptors (Lipinski definition) is 5. The summed E-state index contributed by atoms with van der Waals surface area (Å²) in [5.41, 5.74) is 0.0749. The van der Waals surface area contributed by atoms with Crippen LogP contribution in [0.25, 0.3) is 0 Å². The highest BCUT2D eigenvalue weighted by Crippen LogP contribution is 2.28. The predicted octanol–water partition coefficient (Wildman–Crippen LogP) is 2.95. The van der Waals surface area contributed by atoms with Crippen LogP contribution in [0.15, 0.2) is 18.2 Å². The molecule has 0 radical (unpaired) electrons. The van der Waals surface area contributed by atoms with Gasteiger partial charge in [0, 0.05) is 12.5 Å². The van der Waals surface area contributed by atoms with Crippen molar-refractivity contribution in [3.63, 3.8) is 0 Å². The van der Waals surface area contributed by atoms with Crippen LogP contribution in [-0.4, -0.2) is 23.6 Å². The van der Waals surface area contributed by atoms with Crippen molar-refractivity contribution in [2.24, 2.45) is 0 Å². The molecule has 1 atom stereocenters. The van der Waals surface area contributed by atoms with Gasteiger partial charge in [0.05, 0.1) is 17.6 Å². The van der Waals surface area contributed by atoms with Crippen LogP contribution in [0.3, 0.4) is 0 Å². The fourth-order valence-corrected chi connectivity index (χ4v) is 1.84. The van der Waals surface area contributed by atoms with Crippen LogP contribution in [-0.2, 0) is 0 Å². The molecule has 0 bridgehead atoms. The molecule has 0 heterocycles. The Kier molecular flexibility index (Phi) is 6.12. The van der Waals surface area contributed by atoms with Crippen molar-refractivity contribution in [3.8, 4) is 11.8 Å². The number of hydrogen-bond donors (Lipinski definition) is 1. The molecule has 0 spiro atoms. The number of nitrogens with zero attached hydrogens (tertiary/aromatic N) is 2. The number of aryl methyl sites for hydroxylation is 1. The molecule has 0 saturated heterocycles. The fourth-order valence-electron chi connectivity index (χ4n) is 1.84. The molecular weight excluding hydrogens is 270 g/mol. The number of nitrogens with one attached hydrogen (secondary N) is 1. The first-order valence-electron chi connectivity index (χ1n) is 6.96. The molecule has 1 unspecified atom stereocenters. The van der Waals surface area contributed by atoms with E-state index < -0.39 is 10.5 Å². The Morgan fingerprint density at radius 1 is 1.52 bits per heavy atom. The molecule has 0 amide bonds. The van der Waals surface area contributed by atoms with Gasteiger partial charge in [-0.1, -0.05) is 13.0 Å². The zero-order valence-electron chi connectivity index (χ0n) is 12.7. The fraction of sp³-hybridized carbons (Fsp3) is 0.533. The molecular formula is C15H21N3O3. The number of nitro benzene ring substituents is 1. The van der Waals surface area contributed by atoms with Crippen LogP contribution in [0, 0.1) is 28.4 Å². The number of nitro groups is 1. The number of benzene rings is 1. The van der Waals surface area contributed by atoms with Gasteiger partial charge in [0.1, 0.15) is 5.54 Å². The van der Waals surface area contributed by atoms with Crippen LogP contribution in [0.5, 0.6) is 5.75 Å². The topological polar surface area (TPSA) is 88.2 Å². The summed E-state index contributed by atoms with van der Waals surface area (Å²) in [5, 5.41) is 23.4. The standard InChI is InChI=1S/C15H21N3O3/c1-4-8-17-15(3,11-16)7-9-21-14-6-5-12(2)10-13(14)18(19)20/h5-6,10,17H,4,7-9H2,1-3H3. The van der Waals surface area contributed by atoms with E-state index in [1.165, 1.54) is 6.07 Å². The van der Waals surface area contributed by atoms with E-state index in [9.17, 15) is 15.4 Å². The zero-order valence-corrected chi connectivity index (χ0v) is 12.7. The lowest BCUT2D eigenvalue weighted by Crippen LogP contribution is -2.42. The molecule has 6 heteroatoms. The van der Waals surface area contributed by atoms with Gasteiger partial charge in [-0.15, -0.1) is 0 Å². The summed E-state index contributed by atoms with van der Waals surface area (Å²) < 4.78 is 5.50. The van der Waals surface area contributed by atoms with Crippen molar-refractivity contribution in [1.29, 1.82) is 5.26 Å². The zero-order chi connectivity index (χ0) is 15.9. The van der Waals surface area contributed by atoms with E-state index in [1.807, 2.05) is 6.92 Å². The second-order valence-electron chi connectivity index (χ2n) is 5.20. The third-order valence-corrected chi connectivity index (χ3v) is 3.18. The van der Waals surface area contributed by atoms with E-state index in [4.69, 9.17) is 4.74 Å². The van der Waals surface area contributed by atoms with Gasteiger partial charge in [-0.25, -0.2) is 0 Å². The second-order valence-corrected chi connectivity index (χ2v) is 5.20. The average molecular weight is 291 g/mol. The lowest BCUT2D eigenvalue weighted by Gasteiger charge is -2.23. The highest BCUT2D eigenvalue weighted by atomic mass is 16.6. The molecule has 21 heavy (non-hydrogen) atoms. The first kappa shape index (κ1) is 16.9. The second kappa shape index (κ2) is 7.60. The van der Waals surface area contributed by atoms with Gasteiger partial charge in [0.15, 0.2) is 5.75 Å². The summed E-state index contributed by atoms with van der Waals surface area (Å²) >= 11 is 0. The van der Waals surface area contributed by atoms with Crippen LogP contribution in [0.2, 0.25) is 0 Å². The Bertz CT molecular complexity index is 539. The largest absolute Gasteiger partial charge is 0.487 e. The third kappa shape index (κ3) is 5.04. The molecule has 0 aromatic heterocycles. The third-order valence-electron chi connectivity index (χ3n) is 3.18. The Morgan fingerprint density at radius 2 is 2.24 bits per heavy atom. The lowest BCUT2D eigenvalue weighted by molar-refractivity contribution is -0.385. The number of nitriles is 1. The molecule has 0 aliphatic rings. The monoisotopic (exact) mass is 291 g/mol. The van der Waals surface area contributed by atoms with E-state index in [2.05, 4.69) is 11.4 Å². The number of rotatable bonds is 8. The molecule has 0 aliphatic carbocycles. The molecule has 0 aliphatic heterocycles. The van der Waals surface area contributed by atoms with Gasteiger partial charge in [-0.05, 0) is 38.4 Å². The van der Waals surface area contributed by atoms with Crippen molar-refractivity contribution in [3.05, 3.63) is 33.9 Å². The highest BCUT2D eigenvalue weighted by molar-refractivity contribution is 5.48. The average Bonchev–Trinajstić information content (AvgIpc) is 2.46. The highest BCUT2D eigenvalue weighted by Gasteiger charge is 2.23. The Hall–Kier alpha value is -2.13. The van der Waals surface area contributed by atoms with Gasteiger partial charge < -0.3 is 4.74 Å². The van der Waals surface area contributed by atoms with Gasteiger partial charge in [0.2, 0.25) is 0 Å². The van der Waals surface area contributed by atoms with E-state index in [-0.39, 0.29) is 18.0 Å². The summed E-state index contributed by atoms with van der Waals surface area (Å²) in [7, 11) is 0. The maximum Gasteiger partial charge on any atom is 0.311 e. The minimum absolute atomic E-state index is 0.0461. The Morgan fingerprint density at radius 3 is 2.81 bits per heavy atom. The van der Waals surface area contributed by atoms with Gasteiger partial charge in [-0.2, -0.15) is 5.26 Å². The first-order valence-corrected chi connectivity index (χ1v) is 6.96. The molecule has 0 saturated carbocycles. The molecule has 114 valence electrons. The maximum atomic E-state index is 11.0. The van der Waals surface area contributed by atoms with E-state index >= 15 is 0 Å². The summed E-state index contributed by atoms with van der Waals surface area (Å²) in [4.78, 5) is 10.5. The molecule has 1 N–H and O–H groups in total. The molecule has 6 nitrogen and oxygen atoms in total. The summed E-state index contributed by atoms with van der Waals surface area (Å²) in [6.07, 6.45) is 1.39. The van der Waals surface area contributed by atoms with Gasteiger partial charge in [0.25, 0.3) is 0 Å². The van der Waals surface area contributed by atoms with Crippen molar-refractivity contribution < 1.29 is 9.66 Å². The minimum atomic E-state index is -0.685. The molecule has 1 rings (SSSR count). The van der Waals surface area contributed by atoms with Crippen molar-refractivity contribution in [2.75, 3.05) is 13.2 Å². The molecule has 1 aromatic carbocycles. The maximum absolute atomic E-state index is 11.0. The molecule has 0 fully saturated rings. The van der Waals surface area contributed by atoms with E-state index in [0.717, 1.165) is 18.5 Å². The van der Waals surface area contributed by atoms with Crippen molar-refractivity contribution in [2.45, 2.75) is 39.2 Å². The van der Waals surface area contributed by atoms with E-state index in [1.54, 1.807) is 26.0 Å². The van der Waals surface area contributed by atoms with Gasteiger partial charge >= 0.3 is 5.69 Å². The first-order chi connectivity index (χ1) is 9.91. The Balaban J connectivity index is 2.68. The van der Waals surface area contributed by atoms with Gasteiger partial charge in [-0.3, -0.25) is 15.4 Å². The minimum Gasteiger partial charge on any atom is -0.487 e. The quantitative estimate of drug-likeness (QED) is 0.587. The van der Waals surface area contributed by atoms with Crippen molar-refractivity contribution >= 4 is 5.69 Å². The normalized spacial score (nSPS) is 13.2. The summed E-state index contributed by atoms with van der Waals surface area (Å²) in [6, 6.07) is 7.06. The summed E-state index contributed by atoms with van der Waals surface area (Å²) in [5.74, 6) is 0.237. The van der Waals surface area contributed by atoms with Crippen LogP contribution in [0.1, 0.15) is 32.3 Å². The molecule has 1 aromatic rings. The Labute approximate surface area is 124 Å². The van der Waals surface area contributed by atoms with Crippen LogP contribution in [0.4, 0.5) is 5.69 Å².